The monoisotopic (exact) mass is 403 g/mol. The number of carbonyl (C=O) groups excluding carboxylic acids is 2. The van der Waals surface area contributed by atoms with Crippen molar-refractivity contribution in [3.05, 3.63) is 58.7 Å². The average Bonchev–Trinajstić information content (AvgIpc) is 2.74. The Morgan fingerprint density at radius 3 is 2.64 bits per heavy atom. The summed E-state index contributed by atoms with van der Waals surface area (Å²) >= 11 is 6.25. The number of aromatic nitrogens is 1. The van der Waals surface area contributed by atoms with Gasteiger partial charge >= 0.3 is 5.97 Å². The van der Waals surface area contributed by atoms with E-state index in [1.54, 1.807) is 30.3 Å². The number of esters is 1. The van der Waals surface area contributed by atoms with E-state index < -0.39 is 12.0 Å². The number of pyridine rings is 1. The van der Waals surface area contributed by atoms with E-state index in [2.05, 4.69) is 15.2 Å². The first-order chi connectivity index (χ1) is 13.6. The van der Waals surface area contributed by atoms with Crippen LogP contribution in [0, 0.1) is 0 Å². The fourth-order valence-electron chi connectivity index (χ4n) is 2.99. The molecule has 1 aliphatic heterocycles. The minimum Gasteiger partial charge on any atom is -0.469 e. The first-order valence-electron chi connectivity index (χ1n) is 8.99. The normalized spacial score (nSPS) is 15.0. The van der Waals surface area contributed by atoms with Gasteiger partial charge in [-0.15, -0.1) is 0 Å². The largest absolute Gasteiger partial charge is 0.469 e. The maximum Gasteiger partial charge on any atom is 0.307 e. The van der Waals surface area contributed by atoms with Crippen LogP contribution in [-0.2, 0) is 14.3 Å². The van der Waals surface area contributed by atoms with Gasteiger partial charge in [0.05, 0.1) is 38.3 Å². The molecule has 148 valence electrons. The Balaban J connectivity index is 1.74. The van der Waals surface area contributed by atoms with E-state index in [1.165, 1.54) is 13.3 Å². The molecule has 1 aromatic carbocycles. The molecule has 0 aliphatic carbocycles. The van der Waals surface area contributed by atoms with Crippen LogP contribution in [0.4, 0.5) is 5.82 Å². The molecule has 1 N–H and O–H groups in total. The second kappa shape index (κ2) is 9.52. The first kappa shape index (κ1) is 20.1. The van der Waals surface area contributed by atoms with Crippen LogP contribution in [0.3, 0.4) is 0 Å². The van der Waals surface area contributed by atoms with Crippen molar-refractivity contribution in [3.8, 4) is 0 Å². The lowest BCUT2D eigenvalue weighted by Gasteiger charge is -2.27. The summed E-state index contributed by atoms with van der Waals surface area (Å²) in [5, 5.41) is 3.33. The van der Waals surface area contributed by atoms with Gasteiger partial charge in [0.1, 0.15) is 5.82 Å². The molecule has 1 fully saturated rings. The van der Waals surface area contributed by atoms with Gasteiger partial charge in [0, 0.05) is 24.3 Å². The molecule has 2 heterocycles. The maximum atomic E-state index is 12.7. The molecule has 0 radical (unpaired) electrons. The lowest BCUT2D eigenvalue weighted by molar-refractivity contribution is -0.141. The highest BCUT2D eigenvalue weighted by atomic mass is 35.5. The van der Waals surface area contributed by atoms with Gasteiger partial charge in [-0.1, -0.05) is 29.8 Å². The van der Waals surface area contributed by atoms with Crippen molar-refractivity contribution < 1.29 is 19.1 Å². The molecule has 1 atom stereocenters. The number of hydrogen-bond donors (Lipinski definition) is 1. The summed E-state index contributed by atoms with van der Waals surface area (Å²) in [5.74, 6) is 0.0259. The van der Waals surface area contributed by atoms with Crippen LogP contribution >= 0.6 is 11.6 Å². The van der Waals surface area contributed by atoms with Gasteiger partial charge < -0.3 is 19.7 Å². The van der Waals surface area contributed by atoms with E-state index in [0.29, 0.717) is 29.4 Å². The number of carbonyl (C=O) groups is 2. The smallest absolute Gasteiger partial charge is 0.307 e. The Bertz CT molecular complexity index is 822. The lowest BCUT2D eigenvalue weighted by Crippen LogP contribution is -2.36. The van der Waals surface area contributed by atoms with Gasteiger partial charge in [-0.2, -0.15) is 0 Å². The lowest BCUT2D eigenvalue weighted by atomic mass is 10.0. The zero-order valence-electron chi connectivity index (χ0n) is 15.6. The predicted molar refractivity (Wildman–Crippen MR) is 106 cm³/mol. The van der Waals surface area contributed by atoms with E-state index in [9.17, 15) is 9.59 Å². The van der Waals surface area contributed by atoms with Gasteiger partial charge in [-0.25, -0.2) is 4.98 Å². The summed E-state index contributed by atoms with van der Waals surface area (Å²) in [6.45, 7) is 2.87. The van der Waals surface area contributed by atoms with Crippen molar-refractivity contribution in [2.45, 2.75) is 12.5 Å². The number of benzene rings is 1. The fraction of sp³-hybridized carbons (Fsp3) is 0.350. The molecule has 1 unspecified atom stereocenters. The highest BCUT2D eigenvalue weighted by Crippen LogP contribution is 2.26. The molecule has 1 saturated heterocycles. The molecule has 28 heavy (non-hydrogen) atoms. The van der Waals surface area contributed by atoms with Gasteiger partial charge in [0.25, 0.3) is 5.91 Å². The van der Waals surface area contributed by atoms with E-state index in [4.69, 9.17) is 21.1 Å². The summed E-state index contributed by atoms with van der Waals surface area (Å²) < 4.78 is 10.1. The molecular weight excluding hydrogens is 382 g/mol. The number of nitrogens with one attached hydrogen (secondary N) is 1. The molecular formula is C20H22ClN3O4. The van der Waals surface area contributed by atoms with Gasteiger partial charge in [0.2, 0.25) is 0 Å². The highest BCUT2D eigenvalue weighted by molar-refractivity contribution is 6.31. The Labute approximate surface area is 168 Å². The molecule has 0 bridgehead atoms. The highest BCUT2D eigenvalue weighted by Gasteiger charge is 2.22. The predicted octanol–water partition coefficient (Wildman–Crippen LogP) is 2.61. The minimum atomic E-state index is -0.604. The quantitative estimate of drug-likeness (QED) is 0.747. The maximum absolute atomic E-state index is 12.7. The Morgan fingerprint density at radius 2 is 2.00 bits per heavy atom. The second-order valence-corrected chi connectivity index (χ2v) is 6.74. The van der Waals surface area contributed by atoms with Crippen molar-refractivity contribution in [1.29, 1.82) is 0 Å². The minimum absolute atomic E-state index is 0.0226. The molecule has 0 spiro atoms. The third-order valence-electron chi connectivity index (χ3n) is 4.53. The SMILES string of the molecule is COC(=O)CC(NC(=O)c1ccc(N2CCOCC2)nc1)c1ccccc1Cl. The van der Waals surface area contributed by atoms with Crippen molar-refractivity contribution in [3.63, 3.8) is 0 Å². The summed E-state index contributed by atoms with van der Waals surface area (Å²) in [6, 6.07) is 10.0. The van der Waals surface area contributed by atoms with E-state index in [0.717, 1.165) is 18.9 Å². The van der Waals surface area contributed by atoms with Crippen molar-refractivity contribution in [1.82, 2.24) is 10.3 Å². The van der Waals surface area contributed by atoms with Crippen molar-refractivity contribution in [2.24, 2.45) is 0 Å². The Hall–Kier alpha value is -2.64. The number of methoxy groups -OCH3 is 1. The number of ether oxygens (including phenoxy) is 2. The fourth-order valence-corrected chi connectivity index (χ4v) is 3.26. The summed E-state index contributed by atoms with van der Waals surface area (Å²) in [4.78, 5) is 31.0. The number of amides is 1. The molecule has 2 aromatic rings. The van der Waals surface area contributed by atoms with E-state index in [-0.39, 0.29) is 12.3 Å². The summed E-state index contributed by atoms with van der Waals surface area (Å²) in [6.07, 6.45) is 1.51. The van der Waals surface area contributed by atoms with Crippen molar-refractivity contribution >= 4 is 29.3 Å². The van der Waals surface area contributed by atoms with Crippen LogP contribution < -0.4 is 10.2 Å². The third-order valence-corrected chi connectivity index (χ3v) is 4.87. The summed E-state index contributed by atoms with van der Waals surface area (Å²) in [7, 11) is 1.31. The van der Waals surface area contributed by atoms with Gasteiger partial charge in [0.15, 0.2) is 0 Å². The third kappa shape index (κ3) is 4.99. The van der Waals surface area contributed by atoms with Crippen LogP contribution in [0.1, 0.15) is 28.4 Å². The van der Waals surface area contributed by atoms with Gasteiger partial charge in [-0.05, 0) is 23.8 Å². The van der Waals surface area contributed by atoms with E-state index >= 15 is 0 Å². The standard InChI is InChI=1S/C20H22ClN3O4/c1-27-19(25)12-17(15-4-2-3-5-16(15)21)23-20(26)14-6-7-18(22-13-14)24-8-10-28-11-9-24/h2-7,13,17H,8-12H2,1H3,(H,23,26). The Morgan fingerprint density at radius 1 is 1.25 bits per heavy atom. The molecule has 7 nitrogen and oxygen atoms in total. The number of nitrogens with zero attached hydrogens (tertiary/aromatic N) is 2. The number of rotatable bonds is 6. The van der Waals surface area contributed by atoms with Gasteiger partial charge in [-0.3, -0.25) is 9.59 Å². The van der Waals surface area contributed by atoms with E-state index in [1.807, 2.05) is 6.07 Å². The molecule has 3 rings (SSSR count). The first-order valence-corrected chi connectivity index (χ1v) is 9.37. The van der Waals surface area contributed by atoms with Crippen LogP contribution in [0.25, 0.3) is 0 Å². The zero-order chi connectivity index (χ0) is 19.9. The number of halogens is 1. The molecule has 1 aromatic heterocycles. The van der Waals surface area contributed by atoms with Crippen LogP contribution in [0.15, 0.2) is 42.6 Å². The summed E-state index contributed by atoms with van der Waals surface area (Å²) in [5.41, 5.74) is 1.06. The zero-order valence-corrected chi connectivity index (χ0v) is 16.3. The Kier molecular flexibility index (Phi) is 6.84. The average molecular weight is 404 g/mol. The van der Waals surface area contributed by atoms with Crippen LogP contribution in [0.2, 0.25) is 5.02 Å². The molecule has 1 amide bonds. The van der Waals surface area contributed by atoms with Crippen LogP contribution in [0.5, 0.6) is 0 Å². The van der Waals surface area contributed by atoms with Crippen molar-refractivity contribution in [2.75, 3.05) is 38.3 Å². The number of anilines is 1. The topological polar surface area (TPSA) is 80.8 Å². The second-order valence-electron chi connectivity index (χ2n) is 6.33. The van der Waals surface area contributed by atoms with Crippen LogP contribution in [-0.4, -0.2) is 50.3 Å². The number of morpholine rings is 1. The molecule has 1 aliphatic rings. The number of hydrogen-bond acceptors (Lipinski definition) is 6. The molecule has 8 heteroatoms. The molecule has 0 saturated carbocycles.